The van der Waals surface area contributed by atoms with Crippen LogP contribution in [0, 0.1) is 0 Å². The summed E-state index contributed by atoms with van der Waals surface area (Å²) in [6.07, 6.45) is 0.812. The minimum atomic E-state index is -0.674. The highest BCUT2D eigenvalue weighted by atomic mass is 35.5. The van der Waals surface area contributed by atoms with E-state index >= 15 is 0 Å². The van der Waals surface area contributed by atoms with Gasteiger partial charge in [0.05, 0.1) is 0 Å². The summed E-state index contributed by atoms with van der Waals surface area (Å²) in [6.45, 7) is 1.50. The Morgan fingerprint density at radius 3 is 2.87 bits per heavy atom. The summed E-state index contributed by atoms with van der Waals surface area (Å²) < 4.78 is 0. The van der Waals surface area contributed by atoms with Crippen molar-refractivity contribution >= 4 is 18.3 Å². The molecule has 0 bridgehead atoms. The van der Waals surface area contributed by atoms with Crippen LogP contribution in [0.5, 0.6) is 0 Å². The van der Waals surface area contributed by atoms with Crippen LogP contribution in [0.2, 0.25) is 0 Å². The van der Waals surface area contributed by atoms with Gasteiger partial charge in [-0.1, -0.05) is 0 Å². The molecule has 82 valence electrons. The van der Waals surface area contributed by atoms with E-state index in [2.05, 4.69) is 10.3 Å². The number of primary amides is 1. The minimum Gasteiger partial charge on any atom is -0.365 e. The molecule has 2 heterocycles. The molecule has 2 rings (SSSR count). The maximum atomic E-state index is 11.3. The van der Waals surface area contributed by atoms with Gasteiger partial charge in [0.1, 0.15) is 5.56 Å². The number of carbonyl (C=O) groups excluding carboxylic acids is 1. The molecule has 1 aliphatic heterocycles. The van der Waals surface area contributed by atoms with Crippen molar-refractivity contribution in [3.05, 3.63) is 33.2 Å². The van der Waals surface area contributed by atoms with Gasteiger partial charge in [-0.2, -0.15) is 0 Å². The number of aromatic nitrogens is 1. The summed E-state index contributed by atoms with van der Waals surface area (Å²) in [5, 5.41) is 3.13. The van der Waals surface area contributed by atoms with Crippen molar-refractivity contribution < 1.29 is 4.79 Å². The lowest BCUT2D eigenvalue weighted by Gasteiger charge is -2.16. The second kappa shape index (κ2) is 4.46. The number of pyridine rings is 1. The van der Waals surface area contributed by atoms with Crippen LogP contribution in [0.25, 0.3) is 0 Å². The average molecular weight is 230 g/mol. The number of hydrogen-bond acceptors (Lipinski definition) is 3. The second-order valence-electron chi connectivity index (χ2n) is 3.31. The fourth-order valence-corrected chi connectivity index (χ4v) is 1.61. The highest BCUT2D eigenvalue weighted by molar-refractivity contribution is 5.92. The zero-order valence-corrected chi connectivity index (χ0v) is 8.82. The van der Waals surface area contributed by atoms with Crippen LogP contribution in [-0.4, -0.2) is 17.4 Å². The van der Waals surface area contributed by atoms with E-state index in [1.807, 2.05) is 0 Å². The largest absolute Gasteiger partial charge is 0.365 e. The highest BCUT2D eigenvalue weighted by Crippen LogP contribution is 2.09. The van der Waals surface area contributed by atoms with E-state index in [1.165, 1.54) is 0 Å². The topological polar surface area (TPSA) is 88.0 Å². The standard InChI is InChI=1S/C9H11N3O2.ClH/c10-8(13)6-3-5-1-2-11-4-7(5)12-9(6)14;/h3,11H,1-2,4H2,(H2,10,13)(H,12,14);1H. The molecule has 0 unspecified atom stereocenters. The molecule has 15 heavy (non-hydrogen) atoms. The van der Waals surface area contributed by atoms with Crippen LogP contribution >= 0.6 is 12.4 Å². The van der Waals surface area contributed by atoms with Crippen LogP contribution in [0.4, 0.5) is 0 Å². The van der Waals surface area contributed by atoms with Gasteiger partial charge < -0.3 is 16.0 Å². The van der Waals surface area contributed by atoms with Gasteiger partial charge in [0.2, 0.25) is 0 Å². The van der Waals surface area contributed by atoms with E-state index in [1.54, 1.807) is 6.07 Å². The molecule has 0 spiro atoms. The van der Waals surface area contributed by atoms with Crippen LogP contribution in [0.3, 0.4) is 0 Å². The SMILES string of the molecule is Cl.NC(=O)c1cc2c([nH]c1=O)CNCC2. The van der Waals surface area contributed by atoms with Crippen molar-refractivity contribution in [2.24, 2.45) is 5.73 Å². The third-order valence-electron chi connectivity index (χ3n) is 2.35. The first-order valence-electron chi connectivity index (χ1n) is 4.44. The van der Waals surface area contributed by atoms with E-state index in [-0.39, 0.29) is 18.0 Å². The number of rotatable bonds is 1. The number of fused-ring (bicyclic) bond motifs is 1. The van der Waals surface area contributed by atoms with Crippen LogP contribution in [0.1, 0.15) is 21.6 Å². The van der Waals surface area contributed by atoms with Crippen LogP contribution in [-0.2, 0) is 13.0 Å². The third-order valence-corrected chi connectivity index (χ3v) is 2.35. The summed E-state index contributed by atoms with van der Waals surface area (Å²) in [6, 6.07) is 1.59. The van der Waals surface area contributed by atoms with E-state index < -0.39 is 11.5 Å². The molecular weight excluding hydrogens is 218 g/mol. The normalized spacial score (nSPS) is 13.9. The molecule has 1 amide bonds. The van der Waals surface area contributed by atoms with Crippen molar-refractivity contribution in [1.82, 2.24) is 10.3 Å². The van der Waals surface area contributed by atoms with Gasteiger partial charge in [-0.25, -0.2) is 0 Å². The molecule has 0 aromatic carbocycles. The Labute approximate surface area is 92.5 Å². The van der Waals surface area contributed by atoms with Crippen molar-refractivity contribution in [3.8, 4) is 0 Å². The van der Waals surface area contributed by atoms with Crippen molar-refractivity contribution in [2.75, 3.05) is 6.54 Å². The minimum absolute atomic E-state index is 0. The van der Waals surface area contributed by atoms with Gasteiger partial charge in [0.25, 0.3) is 11.5 Å². The van der Waals surface area contributed by atoms with Gasteiger partial charge in [-0.05, 0) is 24.6 Å². The van der Waals surface area contributed by atoms with Crippen molar-refractivity contribution in [1.29, 1.82) is 0 Å². The number of aromatic amines is 1. The fraction of sp³-hybridized carbons (Fsp3) is 0.333. The summed E-state index contributed by atoms with van der Waals surface area (Å²) in [4.78, 5) is 24.9. The van der Waals surface area contributed by atoms with Gasteiger partial charge in [-0.3, -0.25) is 9.59 Å². The molecule has 0 aliphatic carbocycles. The summed E-state index contributed by atoms with van der Waals surface area (Å²) in [5.74, 6) is -0.674. The average Bonchev–Trinajstić information content (AvgIpc) is 2.16. The highest BCUT2D eigenvalue weighted by Gasteiger charge is 2.14. The first-order valence-corrected chi connectivity index (χ1v) is 4.44. The Morgan fingerprint density at radius 2 is 2.20 bits per heavy atom. The van der Waals surface area contributed by atoms with E-state index in [4.69, 9.17) is 5.73 Å². The molecule has 0 saturated carbocycles. The molecule has 1 aromatic heterocycles. The maximum absolute atomic E-state index is 11.3. The smallest absolute Gasteiger partial charge is 0.261 e. The molecule has 0 radical (unpaired) electrons. The fourth-order valence-electron chi connectivity index (χ4n) is 1.61. The zero-order valence-electron chi connectivity index (χ0n) is 8.00. The predicted octanol–water partition coefficient (Wildman–Crippen LogP) is -0.459. The van der Waals surface area contributed by atoms with E-state index in [0.29, 0.717) is 6.54 Å². The molecule has 1 aromatic rings. The number of nitrogens with two attached hydrogens (primary N) is 1. The van der Waals surface area contributed by atoms with Crippen molar-refractivity contribution in [3.63, 3.8) is 0 Å². The lowest BCUT2D eigenvalue weighted by atomic mass is 10.0. The third kappa shape index (κ3) is 2.19. The number of hydrogen-bond donors (Lipinski definition) is 3. The summed E-state index contributed by atoms with van der Waals surface area (Å²) in [7, 11) is 0. The molecule has 5 nitrogen and oxygen atoms in total. The van der Waals surface area contributed by atoms with Gasteiger partial charge >= 0.3 is 0 Å². The molecule has 6 heteroatoms. The van der Waals surface area contributed by atoms with Crippen molar-refractivity contribution in [2.45, 2.75) is 13.0 Å². The van der Waals surface area contributed by atoms with E-state index in [9.17, 15) is 9.59 Å². The quantitative estimate of drug-likeness (QED) is 0.609. The molecule has 0 fully saturated rings. The summed E-state index contributed by atoms with van der Waals surface area (Å²) >= 11 is 0. The monoisotopic (exact) mass is 229 g/mol. The lowest BCUT2D eigenvalue weighted by Crippen LogP contribution is -2.31. The Kier molecular flexibility index (Phi) is 3.49. The Balaban J connectivity index is 0.00000112. The number of amides is 1. The molecule has 0 atom stereocenters. The Hall–Kier alpha value is -1.33. The molecule has 0 saturated heterocycles. The van der Waals surface area contributed by atoms with Gasteiger partial charge in [-0.15, -0.1) is 12.4 Å². The predicted molar refractivity (Wildman–Crippen MR) is 58.2 cm³/mol. The van der Waals surface area contributed by atoms with Gasteiger partial charge in [0.15, 0.2) is 0 Å². The van der Waals surface area contributed by atoms with Crippen LogP contribution < -0.4 is 16.6 Å². The number of halogens is 1. The maximum Gasteiger partial charge on any atom is 0.261 e. The first kappa shape index (κ1) is 11.7. The van der Waals surface area contributed by atoms with E-state index in [0.717, 1.165) is 24.2 Å². The van der Waals surface area contributed by atoms with Crippen LogP contribution in [0.15, 0.2) is 10.9 Å². The zero-order chi connectivity index (χ0) is 10.1. The second-order valence-corrected chi connectivity index (χ2v) is 3.31. The molecule has 4 N–H and O–H groups in total. The molecule has 1 aliphatic rings. The first-order chi connectivity index (χ1) is 6.68. The lowest BCUT2D eigenvalue weighted by molar-refractivity contribution is 0.0998. The Bertz CT molecular complexity index is 441. The number of H-pyrrole nitrogens is 1. The number of nitrogens with one attached hydrogen (secondary N) is 2. The summed E-state index contributed by atoms with van der Waals surface area (Å²) in [5.41, 5.74) is 6.57. The van der Waals surface area contributed by atoms with Gasteiger partial charge in [0, 0.05) is 12.2 Å². The Morgan fingerprint density at radius 1 is 1.47 bits per heavy atom. The number of carbonyl (C=O) groups is 1. The molecular formula is C9H12ClN3O2.